The van der Waals surface area contributed by atoms with Crippen molar-refractivity contribution in [3.05, 3.63) is 35.5 Å². The number of nitrogens with one attached hydrogen (secondary N) is 1. The largest absolute Gasteiger partial charge is 0.487 e. The molecule has 2 aromatic rings. The Morgan fingerprint density at radius 2 is 2.11 bits per heavy atom. The van der Waals surface area contributed by atoms with Crippen LogP contribution >= 0.6 is 11.5 Å². The van der Waals surface area contributed by atoms with Crippen LogP contribution in [0.5, 0.6) is 5.75 Å². The molecule has 102 valence electrons. The van der Waals surface area contributed by atoms with Crippen LogP contribution in [-0.2, 0) is 13.0 Å². The number of nitrogen functional groups attached to an aromatic ring is 1. The van der Waals surface area contributed by atoms with Crippen molar-refractivity contribution in [2.45, 2.75) is 32.8 Å². The topological polar surface area (TPSA) is 73.1 Å². The van der Waals surface area contributed by atoms with E-state index < -0.39 is 0 Å². The molecule has 0 fully saturated rings. The Morgan fingerprint density at radius 3 is 2.79 bits per heavy atom. The van der Waals surface area contributed by atoms with Crippen molar-refractivity contribution < 1.29 is 4.74 Å². The van der Waals surface area contributed by atoms with Gasteiger partial charge in [-0.3, -0.25) is 0 Å². The van der Waals surface area contributed by atoms with E-state index in [0.29, 0.717) is 6.61 Å². The minimum atomic E-state index is 0.365. The van der Waals surface area contributed by atoms with Crippen LogP contribution in [0.1, 0.15) is 31.0 Å². The quantitative estimate of drug-likeness (QED) is 0.602. The number of rotatable bonds is 7. The summed E-state index contributed by atoms with van der Waals surface area (Å²) in [5.41, 5.74) is 4.62. The molecule has 0 bridgehead atoms. The lowest BCUT2D eigenvalue weighted by Gasteiger charge is -2.06. The first-order valence-electron chi connectivity index (χ1n) is 6.33. The predicted octanol–water partition coefficient (Wildman–Crippen LogP) is 2.75. The van der Waals surface area contributed by atoms with Crippen LogP contribution in [0.2, 0.25) is 0 Å². The van der Waals surface area contributed by atoms with Gasteiger partial charge in [-0.1, -0.05) is 30.0 Å². The molecule has 1 heterocycles. The maximum atomic E-state index is 5.66. The zero-order chi connectivity index (χ0) is 13.5. The summed E-state index contributed by atoms with van der Waals surface area (Å²) in [5, 5.41) is 4.70. The standard InChI is InChI=1S/C13H18N4OS/c1-2-3-4-10-5-7-11(8-6-10)18-9-12-13(15-14)19-17-16-12/h5-8,15H,2-4,9,14H2,1H3. The number of ether oxygens (including phenoxy) is 1. The van der Waals surface area contributed by atoms with Crippen LogP contribution in [0, 0.1) is 0 Å². The second kappa shape index (κ2) is 7.06. The van der Waals surface area contributed by atoms with Crippen LogP contribution in [0.4, 0.5) is 5.00 Å². The molecule has 0 spiro atoms. The van der Waals surface area contributed by atoms with Crippen molar-refractivity contribution in [1.82, 2.24) is 9.59 Å². The van der Waals surface area contributed by atoms with Crippen molar-refractivity contribution in [3.8, 4) is 5.75 Å². The summed E-state index contributed by atoms with van der Waals surface area (Å²) in [7, 11) is 0. The van der Waals surface area contributed by atoms with Crippen LogP contribution < -0.4 is 16.0 Å². The van der Waals surface area contributed by atoms with Crippen LogP contribution in [0.25, 0.3) is 0 Å². The molecule has 6 heteroatoms. The minimum Gasteiger partial charge on any atom is -0.487 e. The molecule has 0 amide bonds. The maximum Gasteiger partial charge on any atom is 0.150 e. The summed E-state index contributed by atoms with van der Waals surface area (Å²) in [6, 6.07) is 8.18. The van der Waals surface area contributed by atoms with Gasteiger partial charge in [0.15, 0.2) is 5.00 Å². The van der Waals surface area contributed by atoms with Crippen LogP contribution in [-0.4, -0.2) is 9.59 Å². The van der Waals surface area contributed by atoms with E-state index in [1.54, 1.807) is 0 Å². The number of aromatic nitrogens is 2. The van der Waals surface area contributed by atoms with E-state index in [1.165, 1.54) is 29.9 Å². The molecule has 3 N–H and O–H groups in total. The minimum absolute atomic E-state index is 0.365. The van der Waals surface area contributed by atoms with E-state index in [4.69, 9.17) is 10.6 Å². The van der Waals surface area contributed by atoms with Gasteiger partial charge in [-0.25, -0.2) is 5.84 Å². The highest BCUT2D eigenvalue weighted by molar-refractivity contribution is 7.10. The van der Waals surface area contributed by atoms with Crippen LogP contribution in [0.15, 0.2) is 24.3 Å². The summed E-state index contributed by atoms with van der Waals surface area (Å²) >= 11 is 1.22. The molecule has 1 aromatic heterocycles. The predicted molar refractivity (Wildman–Crippen MR) is 77.1 cm³/mol. The molecule has 2 rings (SSSR count). The SMILES string of the molecule is CCCCc1ccc(OCc2nnsc2NN)cc1. The monoisotopic (exact) mass is 278 g/mol. The van der Waals surface area contributed by atoms with E-state index in [0.717, 1.165) is 22.9 Å². The maximum absolute atomic E-state index is 5.66. The molecule has 0 radical (unpaired) electrons. The van der Waals surface area contributed by atoms with Gasteiger partial charge in [0.2, 0.25) is 0 Å². The molecule has 0 unspecified atom stereocenters. The molecule has 0 aliphatic carbocycles. The molecule has 1 aromatic carbocycles. The first-order chi connectivity index (χ1) is 9.33. The van der Waals surface area contributed by atoms with Crippen LogP contribution in [0.3, 0.4) is 0 Å². The van der Waals surface area contributed by atoms with E-state index >= 15 is 0 Å². The first-order valence-corrected chi connectivity index (χ1v) is 7.10. The van der Waals surface area contributed by atoms with Gasteiger partial charge in [-0.2, -0.15) is 0 Å². The molecule has 0 aliphatic heterocycles. The van der Waals surface area contributed by atoms with Crippen molar-refractivity contribution in [1.29, 1.82) is 0 Å². The third kappa shape index (κ3) is 3.90. The first kappa shape index (κ1) is 13.8. The molecule has 0 saturated carbocycles. The number of aryl methyl sites for hydroxylation is 1. The molecule has 0 saturated heterocycles. The third-order valence-corrected chi connectivity index (χ3v) is 3.50. The van der Waals surface area contributed by atoms with Crippen molar-refractivity contribution in [3.63, 3.8) is 0 Å². The lowest BCUT2D eigenvalue weighted by atomic mass is 10.1. The van der Waals surface area contributed by atoms with E-state index in [1.807, 2.05) is 12.1 Å². The number of unbranched alkanes of at least 4 members (excludes halogenated alkanes) is 1. The highest BCUT2D eigenvalue weighted by Gasteiger charge is 2.07. The second-order valence-electron chi connectivity index (χ2n) is 4.23. The third-order valence-electron chi connectivity index (χ3n) is 2.80. The molecule has 19 heavy (non-hydrogen) atoms. The van der Waals surface area contributed by atoms with E-state index in [-0.39, 0.29) is 0 Å². The van der Waals surface area contributed by atoms with Gasteiger partial charge in [0.1, 0.15) is 18.1 Å². The number of nitrogens with two attached hydrogens (primary N) is 1. The van der Waals surface area contributed by atoms with Gasteiger partial charge >= 0.3 is 0 Å². The Labute approximate surface area is 116 Å². The number of nitrogens with zero attached hydrogens (tertiary/aromatic N) is 2. The smallest absolute Gasteiger partial charge is 0.150 e. The zero-order valence-electron chi connectivity index (χ0n) is 10.9. The van der Waals surface area contributed by atoms with Crippen molar-refractivity contribution in [2.75, 3.05) is 5.43 Å². The Bertz CT molecular complexity index is 498. The normalized spacial score (nSPS) is 10.4. The lowest BCUT2D eigenvalue weighted by Crippen LogP contribution is -2.08. The van der Waals surface area contributed by atoms with Gasteiger partial charge in [0.25, 0.3) is 0 Å². The number of anilines is 1. The van der Waals surface area contributed by atoms with Gasteiger partial charge in [0, 0.05) is 11.5 Å². The summed E-state index contributed by atoms with van der Waals surface area (Å²) in [5.74, 6) is 6.19. The Kier molecular flexibility index (Phi) is 5.11. The van der Waals surface area contributed by atoms with E-state index in [2.05, 4.69) is 34.1 Å². The molecular weight excluding hydrogens is 260 g/mol. The fourth-order valence-corrected chi connectivity index (χ4v) is 2.18. The summed E-state index contributed by atoms with van der Waals surface area (Å²) in [4.78, 5) is 0. The number of hydrogen-bond acceptors (Lipinski definition) is 6. The lowest BCUT2D eigenvalue weighted by molar-refractivity contribution is 0.301. The fraction of sp³-hybridized carbons (Fsp3) is 0.385. The average molecular weight is 278 g/mol. The highest BCUT2D eigenvalue weighted by Crippen LogP contribution is 2.19. The Balaban J connectivity index is 1.89. The molecular formula is C13H18N4OS. The zero-order valence-corrected chi connectivity index (χ0v) is 11.7. The van der Waals surface area contributed by atoms with Crippen molar-refractivity contribution in [2.24, 2.45) is 5.84 Å². The van der Waals surface area contributed by atoms with Gasteiger partial charge in [-0.05, 0) is 30.5 Å². The number of benzene rings is 1. The highest BCUT2D eigenvalue weighted by atomic mass is 32.1. The van der Waals surface area contributed by atoms with Gasteiger partial charge in [0.05, 0.1) is 0 Å². The molecule has 5 nitrogen and oxygen atoms in total. The van der Waals surface area contributed by atoms with Crippen molar-refractivity contribution >= 4 is 16.5 Å². The summed E-state index contributed by atoms with van der Waals surface area (Å²) < 4.78 is 9.48. The molecule has 0 aliphatic rings. The van der Waals surface area contributed by atoms with Gasteiger partial charge < -0.3 is 10.2 Å². The Hall–Kier alpha value is -1.66. The average Bonchev–Trinajstić information content (AvgIpc) is 2.91. The molecule has 0 atom stereocenters. The second-order valence-corrected chi connectivity index (χ2v) is 4.98. The van der Waals surface area contributed by atoms with E-state index in [9.17, 15) is 0 Å². The fourth-order valence-electron chi connectivity index (χ4n) is 1.70. The Morgan fingerprint density at radius 1 is 1.32 bits per heavy atom. The summed E-state index contributed by atoms with van der Waals surface area (Å²) in [6.45, 7) is 2.56. The number of hydrazine groups is 1. The van der Waals surface area contributed by atoms with Gasteiger partial charge in [-0.15, -0.1) is 5.10 Å². The number of hydrogen-bond donors (Lipinski definition) is 2. The summed E-state index contributed by atoms with van der Waals surface area (Å²) in [6.07, 6.45) is 3.55.